The molecule has 1 amide bonds. The lowest BCUT2D eigenvalue weighted by atomic mass is 9.98. The van der Waals surface area contributed by atoms with E-state index in [4.69, 9.17) is 4.42 Å². The number of benzene rings is 2. The minimum Gasteiger partial charge on any atom is -0.507 e. The summed E-state index contributed by atoms with van der Waals surface area (Å²) in [7, 11) is 0. The molecular formula is C24H18F3NO4. The Morgan fingerprint density at radius 3 is 2.38 bits per heavy atom. The maximum atomic E-state index is 13.2. The summed E-state index contributed by atoms with van der Waals surface area (Å²) >= 11 is 0. The second-order valence-electron chi connectivity index (χ2n) is 7.28. The SMILES string of the molecule is CCc1ccc(/C(O)=C2/C(=O)C(=O)N(c3cccc(C(F)(F)F)c3)C2c2ccco2)cc1. The summed E-state index contributed by atoms with van der Waals surface area (Å²) in [4.78, 5) is 26.8. The zero-order valence-corrected chi connectivity index (χ0v) is 16.9. The molecule has 5 nitrogen and oxygen atoms in total. The molecule has 0 bridgehead atoms. The van der Waals surface area contributed by atoms with Crippen LogP contribution in [0.15, 0.2) is 76.9 Å². The summed E-state index contributed by atoms with van der Waals surface area (Å²) in [5, 5.41) is 10.9. The van der Waals surface area contributed by atoms with E-state index in [0.29, 0.717) is 5.56 Å². The van der Waals surface area contributed by atoms with Gasteiger partial charge in [-0.25, -0.2) is 0 Å². The lowest BCUT2D eigenvalue weighted by molar-refractivity contribution is -0.137. The smallest absolute Gasteiger partial charge is 0.416 e. The van der Waals surface area contributed by atoms with Crippen molar-refractivity contribution in [2.24, 2.45) is 0 Å². The first kappa shape index (κ1) is 21.4. The van der Waals surface area contributed by atoms with E-state index in [2.05, 4.69) is 0 Å². The summed E-state index contributed by atoms with van der Waals surface area (Å²) in [6.07, 6.45) is -2.55. The number of rotatable bonds is 4. The van der Waals surface area contributed by atoms with Crippen LogP contribution in [0.5, 0.6) is 0 Å². The van der Waals surface area contributed by atoms with Gasteiger partial charge in [-0.2, -0.15) is 13.2 Å². The van der Waals surface area contributed by atoms with Crippen molar-refractivity contribution in [3.63, 3.8) is 0 Å². The molecule has 1 saturated heterocycles. The molecule has 2 aromatic carbocycles. The Labute approximate surface area is 181 Å². The van der Waals surface area contributed by atoms with Gasteiger partial charge in [0.2, 0.25) is 0 Å². The van der Waals surface area contributed by atoms with E-state index in [1.54, 1.807) is 24.3 Å². The molecule has 0 aliphatic carbocycles. The van der Waals surface area contributed by atoms with Gasteiger partial charge >= 0.3 is 6.18 Å². The van der Waals surface area contributed by atoms with E-state index in [9.17, 15) is 27.9 Å². The lowest BCUT2D eigenvalue weighted by Gasteiger charge is -2.24. The summed E-state index contributed by atoms with van der Waals surface area (Å²) in [6.45, 7) is 1.96. The van der Waals surface area contributed by atoms with Crippen molar-refractivity contribution < 1.29 is 32.3 Å². The summed E-state index contributed by atoms with van der Waals surface area (Å²) in [6, 6.07) is 12.7. The zero-order valence-electron chi connectivity index (χ0n) is 16.9. The number of aryl methyl sites for hydroxylation is 1. The van der Waals surface area contributed by atoms with Crippen molar-refractivity contribution in [1.29, 1.82) is 0 Å². The number of halogens is 3. The van der Waals surface area contributed by atoms with Crippen LogP contribution in [0, 0.1) is 0 Å². The molecule has 0 spiro atoms. The van der Waals surface area contributed by atoms with Gasteiger partial charge in [-0.1, -0.05) is 37.3 Å². The van der Waals surface area contributed by atoms with Crippen LogP contribution in [0.4, 0.5) is 18.9 Å². The first-order chi connectivity index (χ1) is 15.2. The number of alkyl halides is 3. The fourth-order valence-corrected chi connectivity index (χ4v) is 3.70. The van der Waals surface area contributed by atoms with Crippen LogP contribution < -0.4 is 4.90 Å². The van der Waals surface area contributed by atoms with Crippen molar-refractivity contribution in [3.05, 3.63) is 95.0 Å². The Bertz CT molecular complexity index is 1190. The Morgan fingerprint density at radius 2 is 1.78 bits per heavy atom. The highest BCUT2D eigenvalue weighted by Crippen LogP contribution is 2.43. The average Bonchev–Trinajstić information content (AvgIpc) is 3.40. The topological polar surface area (TPSA) is 70.8 Å². The van der Waals surface area contributed by atoms with Gasteiger partial charge in [0.25, 0.3) is 11.7 Å². The molecule has 0 saturated carbocycles. The van der Waals surface area contributed by atoms with Crippen molar-refractivity contribution in [2.75, 3.05) is 4.90 Å². The number of hydrogen-bond acceptors (Lipinski definition) is 4. The van der Waals surface area contributed by atoms with Crippen molar-refractivity contribution in [2.45, 2.75) is 25.6 Å². The number of Topliss-reactive ketones (excluding diaryl/α,β-unsaturated/α-hetero) is 1. The van der Waals surface area contributed by atoms with Crippen molar-refractivity contribution in [1.82, 2.24) is 0 Å². The Hall–Kier alpha value is -3.81. The standard InChI is InChI=1S/C24H18F3NO4/c1-2-14-8-10-15(11-9-14)21(29)19-20(18-7-4-12-32-18)28(23(31)22(19)30)17-6-3-5-16(13-17)24(25,26)27/h3-13,20,29H,2H2,1H3/b21-19-. The minimum absolute atomic E-state index is 0.133. The molecule has 1 N–H and O–H groups in total. The lowest BCUT2D eigenvalue weighted by Crippen LogP contribution is -2.29. The molecule has 1 aromatic heterocycles. The molecule has 2 heterocycles. The van der Waals surface area contributed by atoms with Crippen LogP contribution in [0.25, 0.3) is 5.76 Å². The number of amides is 1. The molecule has 8 heteroatoms. The first-order valence-corrected chi connectivity index (χ1v) is 9.83. The normalized spacial score (nSPS) is 18.4. The van der Waals surface area contributed by atoms with E-state index in [-0.39, 0.29) is 17.0 Å². The van der Waals surface area contributed by atoms with Crippen LogP contribution >= 0.6 is 0 Å². The third-order valence-electron chi connectivity index (χ3n) is 5.34. The highest BCUT2D eigenvalue weighted by Gasteiger charge is 2.48. The molecule has 1 unspecified atom stereocenters. The first-order valence-electron chi connectivity index (χ1n) is 9.83. The minimum atomic E-state index is -4.63. The van der Waals surface area contributed by atoms with Gasteiger partial charge in [0.05, 0.1) is 17.4 Å². The van der Waals surface area contributed by atoms with Crippen LogP contribution in [-0.4, -0.2) is 16.8 Å². The maximum absolute atomic E-state index is 13.2. The van der Waals surface area contributed by atoms with Crippen LogP contribution in [0.2, 0.25) is 0 Å². The molecule has 0 radical (unpaired) electrons. The molecule has 3 aromatic rings. The number of furan rings is 1. The fourth-order valence-electron chi connectivity index (χ4n) is 3.70. The molecule has 164 valence electrons. The van der Waals surface area contributed by atoms with E-state index in [1.807, 2.05) is 6.92 Å². The number of hydrogen-bond donors (Lipinski definition) is 1. The second kappa shape index (κ2) is 8.03. The zero-order chi connectivity index (χ0) is 23.0. The Morgan fingerprint density at radius 1 is 1.06 bits per heavy atom. The van der Waals surface area contributed by atoms with Crippen LogP contribution in [-0.2, 0) is 22.2 Å². The number of carbonyl (C=O) groups is 2. The molecule has 4 rings (SSSR count). The summed E-state index contributed by atoms with van der Waals surface area (Å²) in [5.41, 5.74) is -0.0464. The van der Waals surface area contributed by atoms with Gasteiger partial charge < -0.3 is 9.52 Å². The van der Waals surface area contributed by atoms with Gasteiger partial charge in [0, 0.05) is 11.3 Å². The number of aliphatic hydroxyl groups excluding tert-OH is 1. The van der Waals surface area contributed by atoms with Gasteiger partial charge in [-0.05, 0) is 42.3 Å². The predicted molar refractivity (Wildman–Crippen MR) is 111 cm³/mol. The second-order valence-corrected chi connectivity index (χ2v) is 7.28. The molecule has 1 atom stereocenters. The van der Waals surface area contributed by atoms with Crippen LogP contribution in [0.3, 0.4) is 0 Å². The number of anilines is 1. The summed E-state index contributed by atoms with van der Waals surface area (Å²) < 4.78 is 45.1. The van der Waals surface area contributed by atoms with Crippen molar-refractivity contribution >= 4 is 23.1 Å². The predicted octanol–water partition coefficient (Wildman–Crippen LogP) is 5.49. The molecule has 32 heavy (non-hydrogen) atoms. The quantitative estimate of drug-likeness (QED) is 0.330. The van der Waals surface area contributed by atoms with E-state index >= 15 is 0 Å². The number of ketones is 1. The Balaban J connectivity index is 1.89. The van der Waals surface area contributed by atoms with Gasteiger partial charge in [-0.15, -0.1) is 0 Å². The number of nitrogens with zero attached hydrogens (tertiary/aromatic N) is 1. The number of carbonyl (C=O) groups excluding carboxylic acids is 2. The fraction of sp³-hybridized carbons (Fsp3) is 0.167. The molecule has 1 aliphatic heterocycles. The van der Waals surface area contributed by atoms with Crippen molar-refractivity contribution in [3.8, 4) is 0 Å². The third-order valence-corrected chi connectivity index (χ3v) is 5.34. The van der Waals surface area contributed by atoms with Gasteiger partial charge in [0.15, 0.2) is 0 Å². The molecule has 1 fully saturated rings. The average molecular weight is 441 g/mol. The van der Waals surface area contributed by atoms with E-state index in [0.717, 1.165) is 35.1 Å². The molecular weight excluding hydrogens is 423 g/mol. The highest BCUT2D eigenvalue weighted by atomic mass is 19.4. The number of aliphatic hydroxyl groups is 1. The third kappa shape index (κ3) is 3.68. The monoisotopic (exact) mass is 441 g/mol. The van der Waals surface area contributed by atoms with E-state index < -0.39 is 35.2 Å². The molecule has 1 aliphatic rings. The van der Waals surface area contributed by atoms with Gasteiger partial charge in [-0.3, -0.25) is 14.5 Å². The highest BCUT2D eigenvalue weighted by molar-refractivity contribution is 6.51. The van der Waals surface area contributed by atoms with Crippen LogP contribution in [0.1, 0.15) is 35.4 Å². The van der Waals surface area contributed by atoms with Gasteiger partial charge in [0.1, 0.15) is 17.6 Å². The largest absolute Gasteiger partial charge is 0.507 e. The maximum Gasteiger partial charge on any atom is 0.416 e. The summed E-state index contributed by atoms with van der Waals surface area (Å²) in [5.74, 6) is -2.37. The Kier molecular flexibility index (Phi) is 5.38. The van der Waals surface area contributed by atoms with E-state index in [1.165, 1.54) is 24.5 Å².